The Hall–Kier alpha value is -1.39. The fraction of sp³-hybridized carbons (Fsp3) is 0.562. The van der Waals surface area contributed by atoms with Gasteiger partial charge in [-0.3, -0.25) is 4.79 Å². The molecule has 0 fully saturated rings. The third-order valence-corrected chi connectivity index (χ3v) is 3.50. The van der Waals surface area contributed by atoms with Crippen molar-refractivity contribution < 1.29 is 9.90 Å². The van der Waals surface area contributed by atoms with Crippen LogP contribution in [0.15, 0.2) is 30.3 Å². The van der Waals surface area contributed by atoms with Gasteiger partial charge in [0.25, 0.3) is 0 Å². The monoisotopic (exact) mass is 278 g/mol. The molecule has 20 heavy (non-hydrogen) atoms. The molecule has 1 aromatic rings. The third-order valence-electron chi connectivity index (χ3n) is 3.50. The van der Waals surface area contributed by atoms with Gasteiger partial charge in [-0.15, -0.1) is 0 Å². The van der Waals surface area contributed by atoms with E-state index in [4.69, 9.17) is 10.8 Å². The molecule has 0 radical (unpaired) electrons. The zero-order valence-corrected chi connectivity index (χ0v) is 12.4. The summed E-state index contributed by atoms with van der Waals surface area (Å²) < 4.78 is 0. The number of aliphatic hydroxyl groups is 1. The van der Waals surface area contributed by atoms with Crippen LogP contribution in [0.25, 0.3) is 0 Å². The highest BCUT2D eigenvalue weighted by Crippen LogP contribution is 2.08. The quantitative estimate of drug-likeness (QED) is 0.674. The van der Waals surface area contributed by atoms with Crippen LogP contribution >= 0.6 is 0 Å². The van der Waals surface area contributed by atoms with Gasteiger partial charge in [-0.2, -0.15) is 0 Å². The highest BCUT2D eigenvalue weighted by molar-refractivity contribution is 5.81. The molecule has 0 aromatic heterocycles. The van der Waals surface area contributed by atoms with E-state index >= 15 is 0 Å². The van der Waals surface area contributed by atoms with Gasteiger partial charge in [-0.05, 0) is 30.7 Å². The number of carbonyl (C=O) groups excluding carboxylic acids is 1. The van der Waals surface area contributed by atoms with Gasteiger partial charge in [0.15, 0.2) is 0 Å². The molecule has 2 atom stereocenters. The first-order valence-electron chi connectivity index (χ1n) is 7.25. The number of nitrogens with one attached hydrogen (secondary N) is 1. The minimum atomic E-state index is -0.504. The molecular weight excluding hydrogens is 252 g/mol. The molecule has 0 saturated heterocycles. The summed E-state index contributed by atoms with van der Waals surface area (Å²) in [4.78, 5) is 12.0. The summed E-state index contributed by atoms with van der Waals surface area (Å²) in [6, 6.07) is 9.48. The molecule has 1 amide bonds. The lowest BCUT2D eigenvalue weighted by atomic mass is 10.00. The molecule has 0 aliphatic rings. The summed E-state index contributed by atoms with van der Waals surface area (Å²) in [5.41, 5.74) is 7.12. The fourth-order valence-electron chi connectivity index (χ4n) is 2.10. The first kappa shape index (κ1) is 16.7. The molecule has 0 bridgehead atoms. The van der Waals surface area contributed by atoms with E-state index in [-0.39, 0.29) is 24.5 Å². The number of hydrogen-bond acceptors (Lipinski definition) is 3. The molecular formula is C16H26N2O2. The Balaban J connectivity index is 2.42. The van der Waals surface area contributed by atoms with Crippen molar-refractivity contribution >= 4 is 5.91 Å². The predicted octanol–water partition coefficient (Wildman–Crippen LogP) is 1.47. The highest BCUT2D eigenvalue weighted by Gasteiger charge is 2.19. The summed E-state index contributed by atoms with van der Waals surface area (Å²) in [6.45, 7) is 4.12. The van der Waals surface area contributed by atoms with E-state index in [9.17, 15) is 4.79 Å². The van der Waals surface area contributed by atoms with E-state index in [1.54, 1.807) is 0 Å². The minimum absolute atomic E-state index is 0.0183. The number of aliphatic hydroxyl groups excluding tert-OH is 1. The largest absolute Gasteiger partial charge is 0.396 e. The van der Waals surface area contributed by atoms with Gasteiger partial charge in [-0.1, -0.05) is 44.2 Å². The van der Waals surface area contributed by atoms with Gasteiger partial charge in [0.1, 0.15) is 0 Å². The Morgan fingerprint density at radius 1 is 1.25 bits per heavy atom. The number of aryl methyl sites for hydroxylation is 1. The van der Waals surface area contributed by atoms with Gasteiger partial charge >= 0.3 is 0 Å². The Morgan fingerprint density at radius 3 is 2.45 bits per heavy atom. The van der Waals surface area contributed by atoms with Crippen molar-refractivity contribution in [3.05, 3.63) is 35.9 Å². The number of nitrogens with two attached hydrogens (primary N) is 1. The molecule has 4 N–H and O–H groups in total. The molecule has 1 aromatic carbocycles. The van der Waals surface area contributed by atoms with Crippen molar-refractivity contribution in [3.63, 3.8) is 0 Å². The van der Waals surface area contributed by atoms with Gasteiger partial charge in [0, 0.05) is 12.6 Å². The average molecular weight is 278 g/mol. The summed E-state index contributed by atoms with van der Waals surface area (Å²) in [5.74, 6) is 0.153. The smallest absolute Gasteiger partial charge is 0.237 e. The second-order valence-corrected chi connectivity index (χ2v) is 5.50. The summed E-state index contributed by atoms with van der Waals surface area (Å²) in [7, 11) is 0. The lowest BCUT2D eigenvalue weighted by Crippen LogP contribution is -2.47. The minimum Gasteiger partial charge on any atom is -0.396 e. The van der Waals surface area contributed by atoms with E-state index in [0.29, 0.717) is 12.8 Å². The maximum absolute atomic E-state index is 12.0. The number of benzene rings is 1. The van der Waals surface area contributed by atoms with Crippen molar-refractivity contribution in [2.75, 3.05) is 6.61 Å². The van der Waals surface area contributed by atoms with Crippen molar-refractivity contribution in [2.45, 2.75) is 45.2 Å². The normalized spacial score (nSPS) is 14.1. The summed E-state index contributed by atoms with van der Waals surface area (Å²) >= 11 is 0. The van der Waals surface area contributed by atoms with Gasteiger partial charge in [0.05, 0.1) is 6.04 Å². The zero-order chi connectivity index (χ0) is 15.0. The van der Waals surface area contributed by atoms with Crippen LogP contribution in [0.5, 0.6) is 0 Å². The first-order chi connectivity index (χ1) is 9.54. The topological polar surface area (TPSA) is 75.3 Å². The molecule has 0 saturated carbocycles. The summed E-state index contributed by atoms with van der Waals surface area (Å²) in [6.07, 6.45) is 1.98. The number of amides is 1. The van der Waals surface area contributed by atoms with E-state index < -0.39 is 6.04 Å². The van der Waals surface area contributed by atoms with Crippen LogP contribution in [-0.4, -0.2) is 29.7 Å². The highest BCUT2D eigenvalue weighted by atomic mass is 16.3. The van der Waals surface area contributed by atoms with Crippen LogP contribution in [0.2, 0.25) is 0 Å². The molecule has 1 rings (SSSR count). The standard InChI is InChI=1S/C16H26N2O2/c1-12(2)15(10-11-19)18-16(20)14(17)9-8-13-6-4-3-5-7-13/h3-7,12,14-15,19H,8-11,17H2,1-2H3,(H,18,20). The van der Waals surface area contributed by atoms with E-state index in [2.05, 4.69) is 5.32 Å². The van der Waals surface area contributed by atoms with E-state index in [1.807, 2.05) is 44.2 Å². The lowest BCUT2D eigenvalue weighted by molar-refractivity contribution is -0.123. The average Bonchev–Trinajstić information content (AvgIpc) is 2.45. The molecule has 0 aliphatic heterocycles. The Labute approximate surface area is 121 Å². The van der Waals surface area contributed by atoms with Crippen LogP contribution in [0, 0.1) is 5.92 Å². The third kappa shape index (κ3) is 5.72. The summed E-state index contributed by atoms with van der Waals surface area (Å²) in [5, 5.41) is 11.9. The van der Waals surface area contributed by atoms with Crippen LogP contribution in [0.3, 0.4) is 0 Å². The Bertz CT molecular complexity index is 393. The van der Waals surface area contributed by atoms with Crippen LogP contribution in [0.4, 0.5) is 0 Å². The second-order valence-electron chi connectivity index (χ2n) is 5.50. The zero-order valence-electron chi connectivity index (χ0n) is 12.4. The fourth-order valence-corrected chi connectivity index (χ4v) is 2.10. The number of hydrogen-bond donors (Lipinski definition) is 3. The molecule has 0 heterocycles. The number of carbonyl (C=O) groups is 1. The molecule has 4 nitrogen and oxygen atoms in total. The number of rotatable bonds is 8. The van der Waals surface area contributed by atoms with E-state index in [1.165, 1.54) is 5.56 Å². The Morgan fingerprint density at radius 2 is 1.90 bits per heavy atom. The predicted molar refractivity (Wildman–Crippen MR) is 81.2 cm³/mol. The van der Waals surface area contributed by atoms with Crippen molar-refractivity contribution in [1.82, 2.24) is 5.32 Å². The molecule has 0 spiro atoms. The second kappa shape index (κ2) is 8.72. The van der Waals surface area contributed by atoms with Gasteiger partial charge in [0.2, 0.25) is 5.91 Å². The van der Waals surface area contributed by atoms with E-state index in [0.717, 1.165) is 6.42 Å². The van der Waals surface area contributed by atoms with Crippen molar-refractivity contribution in [1.29, 1.82) is 0 Å². The maximum Gasteiger partial charge on any atom is 0.237 e. The SMILES string of the molecule is CC(C)C(CCO)NC(=O)C(N)CCc1ccccc1. The Kier molecular flexibility index (Phi) is 7.26. The van der Waals surface area contributed by atoms with Crippen LogP contribution in [0.1, 0.15) is 32.3 Å². The van der Waals surface area contributed by atoms with Crippen molar-refractivity contribution in [3.8, 4) is 0 Å². The molecule has 0 aliphatic carbocycles. The molecule has 2 unspecified atom stereocenters. The van der Waals surface area contributed by atoms with Gasteiger partial charge < -0.3 is 16.2 Å². The molecule has 112 valence electrons. The van der Waals surface area contributed by atoms with Crippen molar-refractivity contribution in [2.24, 2.45) is 11.7 Å². The first-order valence-corrected chi connectivity index (χ1v) is 7.25. The van der Waals surface area contributed by atoms with Gasteiger partial charge in [-0.25, -0.2) is 0 Å². The molecule has 4 heteroatoms. The maximum atomic E-state index is 12.0. The van der Waals surface area contributed by atoms with Crippen LogP contribution in [-0.2, 0) is 11.2 Å². The lowest BCUT2D eigenvalue weighted by Gasteiger charge is -2.23. The van der Waals surface area contributed by atoms with Crippen LogP contribution < -0.4 is 11.1 Å².